The highest BCUT2D eigenvalue weighted by molar-refractivity contribution is 7.84. The number of fused-ring (bicyclic) bond motifs is 2. The number of aryl methyl sites for hydroxylation is 1. The van der Waals surface area contributed by atoms with Gasteiger partial charge in [-0.1, -0.05) is 50.1 Å². The van der Waals surface area contributed by atoms with Gasteiger partial charge in [0.05, 0.1) is 17.5 Å². The zero-order chi connectivity index (χ0) is 29.8. The summed E-state index contributed by atoms with van der Waals surface area (Å²) >= 11 is 6.41. The zero-order valence-electron chi connectivity index (χ0n) is 25.1. The molecular weight excluding hydrogens is 568 g/mol. The summed E-state index contributed by atoms with van der Waals surface area (Å²) < 4.78 is 22.4. The van der Waals surface area contributed by atoms with Crippen molar-refractivity contribution in [2.45, 2.75) is 70.5 Å². The first-order valence-corrected chi connectivity index (χ1v) is 17.2. The van der Waals surface area contributed by atoms with Crippen LogP contribution in [0.3, 0.4) is 0 Å². The number of hydrogen-bond donors (Lipinski definition) is 2. The van der Waals surface area contributed by atoms with Crippen LogP contribution in [0.25, 0.3) is 0 Å². The van der Waals surface area contributed by atoms with Gasteiger partial charge in [0.25, 0.3) is 5.91 Å². The largest absolute Gasteiger partial charge is 0.491 e. The lowest BCUT2D eigenvalue weighted by atomic mass is 9.65. The maximum atomic E-state index is 13.3. The minimum Gasteiger partial charge on any atom is -0.491 e. The topological polar surface area (TPSA) is 78.9 Å². The number of hydrogen-bond acceptors (Lipinski definition) is 5. The summed E-state index contributed by atoms with van der Waals surface area (Å²) in [5.74, 6) is 2.00. The van der Waals surface area contributed by atoms with Crippen LogP contribution in [-0.2, 0) is 17.4 Å². The standard InChI is InChI=1S/C34H45ClN2O4S/c1-4-6-25-17-29(35)11-13-31(25)28-20-37-19-27-9-12-30(27)24(15-16-38)8-5-7-22(2)23(3)42(40)36-34(39)26-10-14-33(41-21-28)32(37)18-26/h5,8,10-11,13-14,17-18,22-24,27-28,30,38H,4,6-7,9,12,15-16,19-21H2,1-3H3,(H,36,39)/b8-5+. The molecule has 2 aromatic rings. The third kappa shape index (κ3) is 6.89. The van der Waals surface area contributed by atoms with Crippen molar-refractivity contribution in [2.24, 2.45) is 23.7 Å². The molecule has 228 valence electrons. The Labute approximate surface area is 258 Å². The zero-order valence-corrected chi connectivity index (χ0v) is 26.6. The minimum atomic E-state index is -1.51. The second-order valence-electron chi connectivity index (χ2n) is 12.4. The second kappa shape index (κ2) is 14.0. The molecule has 0 saturated heterocycles. The molecule has 1 fully saturated rings. The highest BCUT2D eigenvalue weighted by Crippen LogP contribution is 2.45. The van der Waals surface area contributed by atoms with Crippen LogP contribution in [0.2, 0.25) is 5.02 Å². The predicted octanol–water partition coefficient (Wildman–Crippen LogP) is 6.68. The van der Waals surface area contributed by atoms with E-state index < -0.39 is 11.0 Å². The van der Waals surface area contributed by atoms with Gasteiger partial charge in [-0.25, -0.2) is 4.21 Å². The van der Waals surface area contributed by atoms with Crippen molar-refractivity contribution in [3.8, 4) is 5.75 Å². The lowest BCUT2D eigenvalue weighted by molar-refractivity contribution is 0.0982. The SMILES string of the molecule is CCCc1cc(Cl)ccc1C1COc2ccc3cc2N(C1)CC1CCC1C(CCO)/C=C/CC(C)C(C)S(=O)NC3=O. The van der Waals surface area contributed by atoms with Crippen molar-refractivity contribution in [3.05, 3.63) is 70.3 Å². The predicted molar refractivity (Wildman–Crippen MR) is 172 cm³/mol. The Balaban J connectivity index is 1.53. The summed E-state index contributed by atoms with van der Waals surface area (Å²) in [7, 11) is -1.51. The molecule has 1 aliphatic carbocycles. The van der Waals surface area contributed by atoms with E-state index in [1.807, 2.05) is 25.1 Å². The first kappa shape index (κ1) is 31.1. The third-order valence-electron chi connectivity index (χ3n) is 9.67. The van der Waals surface area contributed by atoms with Crippen LogP contribution in [0.15, 0.2) is 48.6 Å². The lowest BCUT2D eigenvalue weighted by Crippen LogP contribution is -2.42. The van der Waals surface area contributed by atoms with Crippen molar-refractivity contribution in [3.63, 3.8) is 0 Å². The summed E-state index contributed by atoms with van der Waals surface area (Å²) in [6.07, 6.45) is 10.3. The lowest BCUT2D eigenvalue weighted by Gasteiger charge is -2.44. The second-order valence-corrected chi connectivity index (χ2v) is 14.4. The molecule has 42 heavy (non-hydrogen) atoms. The van der Waals surface area contributed by atoms with Gasteiger partial charge in [-0.2, -0.15) is 0 Å². The maximum absolute atomic E-state index is 13.3. The molecule has 0 spiro atoms. The third-order valence-corrected chi connectivity index (χ3v) is 11.4. The Hall–Kier alpha value is -2.35. The first-order valence-electron chi connectivity index (χ1n) is 15.6. The van der Waals surface area contributed by atoms with Gasteiger partial charge in [0.2, 0.25) is 0 Å². The number of rotatable bonds is 5. The van der Waals surface area contributed by atoms with Crippen molar-refractivity contribution < 1.29 is 18.8 Å². The average Bonchev–Trinajstić information content (AvgIpc) is 3.13. The Morgan fingerprint density at radius 1 is 1.14 bits per heavy atom. The molecule has 2 N–H and O–H groups in total. The number of nitrogens with one attached hydrogen (secondary N) is 1. The van der Waals surface area contributed by atoms with E-state index >= 15 is 0 Å². The van der Waals surface area contributed by atoms with Crippen LogP contribution in [0.1, 0.15) is 80.3 Å². The van der Waals surface area contributed by atoms with Crippen molar-refractivity contribution in [2.75, 3.05) is 31.2 Å². The smallest absolute Gasteiger partial charge is 0.263 e. The van der Waals surface area contributed by atoms with E-state index in [1.54, 1.807) is 6.07 Å². The molecule has 0 radical (unpaired) electrons. The van der Waals surface area contributed by atoms with Crippen LogP contribution >= 0.6 is 11.6 Å². The van der Waals surface area contributed by atoms with Gasteiger partial charge in [-0.15, -0.1) is 0 Å². The van der Waals surface area contributed by atoms with Gasteiger partial charge in [0.1, 0.15) is 16.7 Å². The number of carbonyl (C=O) groups excluding carboxylic acids is 1. The minimum absolute atomic E-state index is 0.139. The summed E-state index contributed by atoms with van der Waals surface area (Å²) in [4.78, 5) is 15.7. The highest BCUT2D eigenvalue weighted by atomic mass is 35.5. The molecule has 1 saturated carbocycles. The Bertz CT molecular complexity index is 1320. The van der Waals surface area contributed by atoms with Crippen LogP contribution in [0.5, 0.6) is 5.75 Å². The fourth-order valence-electron chi connectivity index (χ4n) is 6.84. The molecule has 8 heteroatoms. The Kier molecular flexibility index (Phi) is 10.3. The maximum Gasteiger partial charge on any atom is 0.263 e. The molecule has 7 unspecified atom stereocenters. The fraction of sp³-hybridized carbons (Fsp3) is 0.559. The molecule has 1 amide bonds. The molecule has 5 rings (SSSR count). The van der Waals surface area contributed by atoms with Gasteiger partial charge < -0.3 is 14.7 Å². The number of halogens is 1. The van der Waals surface area contributed by atoms with E-state index in [4.69, 9.17) is 16.3 Å². The van der Waals surface area contributed by atoms with Crippen molar-refractivity contribution in [1.82, 2.24) is 4.72 Å². The van der Waals surface area contributed by atoms with Crippen molar-refractivity contribution >= 4 is 34.2 Å². The summed E-state index contributed by atoms with van der Waals surface area (Å²) in [5.41, 5.74) is 3.93. The van der Waals surface area contributed by atoms with Crippen molar-refractivity contribution in [1.29, 1.82) is 0 Å². The van der Waals surface area contributed by atoms with Gasteiger partial charge in [0, 0.05) is 36.2 Å². The van der Waals surface area contributed by atoms with Gasteiger partial charge in [-0.05, 0) is 104 Å². The molecule has 0 aromatic heterocycles. The van der Waals surface area contributed by atoms with E-state index in [-0.39, 0.29) is 29.6 Å². The Morgan fingerprint density at radius 3 is 2.71 bits per heavy atom. The Morgan fingerprint density at radius 2 is 1.98 bits per heavy atom. The van der Waals surface area contributed by atoms with E-state index in [0.29, 0.717) is 29.9 Å². The number of amides is 1. The van der Waals surface area contributed by atoms with Crippen LogP contribution in [0, 0.1) is 23.7 Å². The number of benzene rings is 2. The molecule has 2 heterocycles. The number of carbonyl (C=O) groups is 1. The van der Waals surface area contributed by atoms with E-state index in [9.17, 15) is 14.1 Å². The summed E-state index contributed by atoms with van der Waals surface area (Å²) in [6.45, 7) is 8.52. The first-order chi connectivity index (χ1) is 20.3. The number of aliphatic hydroxyl groups is 1. The molecule has 6 nitrogen and oxygen atoms in total. The summed E-state index contributed by atoms with van der Waals surface area (Å²) in [6, 6.07) is 11.8. The van der Waals surface area contributed by atoms with Crippen LogP contribution in [-0.4, -0.2) is 46.8 Å². The van der Waals surface area contributed by atoms with Gasteiger partial charge >= 0.3 is 0 Å². The van der Waals surface area contributed by atoms with E-state index in [2.05, 4.69) is 47.8 Å². The molecule has 7 atom stereocenters. The number of anilines is 1. The van der Waals surface area contributed by atoms with Gasteiger partial charge in [-0.3, -0.25) is 9.52 Å². The number of ether oxygens (including phenoxy) is 1. The molecule has 2 aromatic carbocycles. The molecular formula is C34H45ClN2O4S. The van der Waals surface area contributed by atoms with E-state index in [1.165, 1.54) is 11.1 Å². The number of allylic oxidation sites excluding steroid dienone is 2. The highest BCUT2D eigenvalue weighted by Gasteiger charge is 2.38. The quantitative estimate of drug-likeness (QED) is 0.368. The summed E-state index contributed by atoms with van der Waals surface area (Å²) in [5, 5.41) is 10.5. The van der Waals surface area contributed by atoms with Gasteiger partial charge in [0.15, 0.2) is 0 Å². The van der Waals surface area contributed by atoms with E-state index in [0.717, 1.165) is 68.1 Å². The molecule has 2 bridgehead atoms. The van der Waals surface area contributed by atoms with Crippen LogP contribution in [0.4, 0.5) is 5.69 Å². The average molecular weight is 613 g/mol. The number of aliphatic hydroxyl groups excluding tert-OH is 1. The monoisotopic (exact) mass is 612 g/mol. The normalized spacial score (nSPS) is 30.7. The number of nitrogens with zero attached hydrogens (tertiary/aromatic N) is 1. The fourth-order valence-corrected chi connectivity index (χ4v) is 8.05. The van der Waals surface area contributed by atoms with Crippen LogP contribution < -0.4 is 14.4 Å². The molecule has 2 aliphatic heterocycles. The molecule has 3 aliphatic rings.